The lowest BCUT2D eigenvalue weighted by molar-refractivity contribution is -0.130. The molecule has 0 spiro atoms. The van der Waals surface area contributed by atoms with Crippen molar-refractivity contribution in [3.8, 4) is 0 Å². The zero-order valence-corrected chi connectivity index (χ0v) is 8.06. The van der Waals surface area contributed by atoms with E-state index < -0.39 is 0 Å². The molecule has 1 unspecified atom stereocenters. The van der Waals surface area contributed by atoms with E-state index in [2.05, 4.69) is 10.5 Å². The van der Waals surface area contributed by atoms with Gasteiger partial charge in [-0.1, -0.05) is 5.16 Å². The van der Waals surface area contributed by atoms with Gasteiger partial charge in [0.1, 0.15) is 0 Å². The Morgan fingerprint density at radius 3 is 3.21 bits per heavy atom. The Labute approximate surface area is 82.1 Å². The molecule has 5 heteroatoms. The molecule has 1 aromatic rings. The summed E-state index contributed by atoms with van der Waals surface area (Å²) in [5.74, 6) is 0.874. The van der Waals surface area contributed by atoms with E-state index in [0.717, 1.165) is 18.7 Å². The number of rotatable bonds is 3. The zero-order chi connectivity index (χ0) is 9.97. The summed E-state index contributed by atoms with van der Waals surface area (Å²) < 4.78 is 4.95. The Hall–Kier alpha value is -1.36. The number of amides is 1. The van der Waals surface area contributed by atoms with E-state index in [1.54, 1.807) is 24.2 Å². The molecule has 0 aliphatic carbocycles. The third-order valence-electron chi connectivity index (χ3n) is 2.48. The van der Waals surface area contributed by atoms with Gasteiger partial charge in [0.2, 0.25) is 5.91 Å². The van der Waals surface area contributed by atoms with Gasteiger partial charge in [0, 0.05) is 12.6 Å². The first-order valence-electron chi connectivity index (χ1n) is 4.67. The number of hydrogen-bond acceptors (Lipinski definition) is 4. The van der Waals surface area contributed by atoms with Gasteiger partial charge in [-0.05, 0) is 13.5 Å². The number of hydrogen-bond donors (Lipinski definition) is 1. The molecule has 1 atom stereocenters. The summed E-state index contributed by atoms with van der Waals surface area (Å²) in [6, 6.07) is 1.75. The highest BCUT2D eigenvalue weighted by Crippen LogP contribution is 2.14. The summed E-state index contributed by atoms with van der Waals surface area (Å²) in [5, 5.41) is 6.59. The minimum absolute atomic E-state index is 0.0297. The minimum Gasteiger partial charge on any atom is -0.360 e. The van der Waals surface area contributed by atoms with Crippen LogP contribution in [0, 0.1) is 0 Å². The smallest absolute Gasteiger partial charge is 0.240 e. The zero-order valence-electron chi connectivity index (χ0n) is 8.06. The van der Waals surface area contributed by atoms with Crippen LogP contribution in [0.5, 0.6) is 0 Å². The van der Waals surface area contributed by atoms with Gasteiger partial charge in [-0.25, -0.2) is 0 Å². The van der Waals surface area contributed by atoms with Crippen LogP contribution in [-0.4, -0.2) is 35.6 Å². The van der Waals surface area contributed by atoms with Gasteiger partial charge in [-0.15, -0.1) is 0 Å². The summed E-state index contributed by atoms with van der Waals surface area (Å²) in [4.78, 5) is 13.4. The summed E-state index contributed by atoms with van der Waals surface area (Å²) in [6.45, 7) is 1.31. The number of carbonyl (C=O) groups is 1. The van der Waals surface area contributed by atoms with Gasteiger partial charge < -0.3 is 14.7 Å². The fraction of sp³-hybridized carbons (Fsp3) is 0.556. The molecular formula is C9H13N3O2. The van der Waals surface area contributed by atoms with Crippen molar-refractivity contribution in [2.45, 2.75) is 19.0 Å². The van der Waals surface area contributed by atoms with E-state index in [-0.39, 0.29) is 11.9 Å². The van der Waals surface area contributed by atoms with E-state index in [1.165, 1.54) is 0 Å². The van der Waals surface area contributed by atoms with Crippen molar-refractivity contribution in [1.29, 1.82) is 0 Å². The van der Waals surface area contributed by atoms with E-state index in [0.29, 0.717) is 6.54 Å². The quantitative estimate of drug-likeness (QED) is 0.737. The monoisotopic (exact) mass is 195 g/mol. The Kier molecular flexibility index (Phi) is 2.49. The first-order valence-corrected chi connectivity index (χ1v) is 4.67. The standard InChI is InChI=1S/C9H13N3O2/c1-10-8-3-5-12(9(8)13)6-7-2-4-11-14-7/h2,4,8,10H,3,5-6H2,1H3. The minimum atomic E-state index is -0.0297. The number of carbonyl (C=O) groups excluding carboxylic acids is 1. The maximum atomic E-state index is 11.7. The molecule has 14 heavy (non-hydrogen) atoms. The third kappa shape index (κ3) is 1.63. The molecule has 1 aliphatic heterocycles. The summed E-state index contributed by atoms with van der Waals surface area (Å²) in [5.41, 5.74) is 0. The molecule has 1 N–H and O–H groups in total. The molecular weight excluding hydrogens is 182 g/mol. The highest BCUT2D eigenvalue weighted by molar-refractivity contribution is 5.83. The Morgan fingerprint density at radius 1 is 1.79 bits per heavy atom. The first kappa shape index (κ1) is 9.21. The number of likely N-dealkylation sites (tertiary alicyclic amines) is 1. The van der Waals surface area contributed by atoms with Crippen molar-refractivity contribution in [2.75, 3.05) is 13.6 Å². The van der Waals surface area contributed by atoms with Crippen LogP contribution < -0.4 is 5.32 Å². The molecule has 1 saturated heterocycles. The molecule has 1 fully saturated rings. The van der Waals surface area contributed by atoms with Crippen LogP contribution in [-0.2, 0) is 11.3 Å². The second kappa shape index (κ2) is 3.79. The van der Waals surface area contributed by atoms with Gasteiger partial charge >= 0.3 is 0 Å². The molecule has 0 aromatic carbocycles. The predicted molar refractivity (Wildman–Crippen MR) is 49.4 cm³/mol. The molecule has 2 rings (SSSR count). The van der Waals surface area contributed by atoms with Gasteiger partial charge in [0.05, 0.1) is 18.8 Å². The van der Waals surface area contributed by atoms with Crippen LogP contribution in [0.25, 0.3) is 0 Å². The van der Waals surface area contributed by atoms with Gasteiger partial charge in [-0.3, -0.25) is 4.79 Å². The van der Waals surface area contributed by atoms with E-state index in [4.69, 9.17) is 4.52 Å². The highest BCUT2D eigenvalue weighted by atomic mass is 16.5. The number of aromatic nitrogens is 1. The fourth-order valence-corrected chi connectivity index (χ4v) is 1.68. The molecule has 1 aromatic heterocycles. The molecule has 5 nitrogen and oxygen atoms in total. The van der Waals surface area contributed by atoms with Crippen LogP contribution in [0.4, 0.5) is 0 Å². The molecule has 0 radical (unpaired) electrons. The van der Waals surface area contributed by atoms with Crippen LogP contribution in [0.15, 0.2) is 16.8 Å². The maximum absolute atomic E-state index is 11.7. The van der Waals surface area contributed by atoms with Crippen molar-refractivity contribution < 1.29 is 9.32 Å². The summed E-state index contributed by atoms with van der Waals surface area (Å²) in [7, 11) is 1.81. The van der Waals surface area contributed by atoms with Crippen LogP contribution in [0.3, 0.4) is 0 Å². The second-order valence-corrected chi connectivity index (χ2v) is 3.37. The van der Waals surface area contributed by atoms with Crippen molar-refractivity contribution >= 4 is 5.91 Å². The molecule has 1 amide bonds. The Morgan fingerprint density at radius 2 is 2.64 bits per heavy atom. The Balaban J connectivity index is 1.97. The number of nitrogens with zero attached hydrogens (tertiary/aromatic N) is 2. The molecule has 1 aliphatic rings. The second-order valence-electron chi connectivity index (χ2n) is 3.37. The Bertz CT molecular complexity index is 310. The molecule has 2 heterocycles. The van der Waals surface area contributed by atoms with E-state index in [1.807, 2.05) is 0 Å². The highest BCUT2D eigenvalue weighted by Gasteiger charge is 2.30. The number of likely N-dealkylation sites (N-methyl/N-ethyl adjacent to an activating group) is 1. The summed E-state index contributed by atoms with van der Waals surface area (Å²) in [6.07, 6.45) is 2.45. The lowest BCUT2D eigenvalue weighted by Gasteiger charge is -2.14. The predicted octanol–water partition coefficient (Wildman–Crippen LogP) is -0.00510. The summed E-state index contributed by atoms with van der Waals surface area (Å²) >= 11 is 0. The van der Waals surface area contributed by atoms with Crippen LogP contribution >= 0.6 is 0 Å². The van der Waals surface area contributed by atoms with Crippen molar-refractivity contribution in [2.24, 2.45) is 0 Å². The average molecular weight is 195 g/mol. The fourth-order valence-electron chi connectivity index (χ4n) is 1.68. The van der Waals surface area contributed by atoms with Crippen molar-refractivity contribution in [3.05, 3.63) is 18.0 Å². The van der Waals surface area contributed by atoms with Crippen LogP contribution in [0.2, 0.25) is 0 Å². The first-order chi connectivity index (χ1) is 6.81. The van der Waals surface area contributed by atoms with Gasteiger partial charge in [-0.2, -0.15) is 0 Å². The number of nitrogens with one attached hydrogen (secondary N) is 1. The van der Waals surface area contributed by atoms with Crippen molar-refractivity contribution in [1.82, 2.24) is 15.4 Å². The van der Waals surface area contributed by atoms with Gasteiger partial charge in [0.15, 0.2) is 5.76 Å². The average Bonchev–Trinajstić information content (AvgIpc) is 2.79. The molecule has 76 valence electrons. The lowest BCUT2D eigenvalue weighted by atomic mass is 10.3. The van der Waals surface area contributed by atoms with E-state index >= 15 is 0 Å². The lowest BCUT2D eigenvalue weighted by Crippen LogP contribution is -2.35. The van der Waals surface area contributed by atoms with Crippen molar-refractivity contribution in [3.63, 3.8) is 0 Å². The van der Waals surface area contributed by atoms with Gasteiger partial charge in [0.25, 0.3) is 0 Å². The largest absolute Gasteiger partial charge is 0.360 e. The topological polar surface area (TPSA) is 58.4 Å². The van der Waals surface area contributed by atoms with Crippen LogP contribution in [0.1, 0.15) is 12.2 Å². The maximum Gasteiger partial charge on any atom is 0.240 e. The normalized spacial score (nSPS) is 21.9. The molecule has 0 saturated carbocycles. The SMILES string of the molecule is CNC1CCN(Cc2ccno2)C1=O. The molecule has 0 bridgehead atoms. The third-order valence-corrected chi connectivity index (χ3v) is 2.48. The van der Waals surface area contributed by atoms with E-state index in [9.17, 15) is 4.79 Å².